The summed E-state index contributed by atoms with van der Waals surface area (Å²) < 4.78 is 11.4. The number of aryl methyl sites for hydroxylation is 1. The molecule has 5 nitrogen and oxygen atoms in total. The van der Waals surface area contributed by atoms with Crippen LogP contribution in [0, 0.1) is 6.92 Å². The van der Waals surface area contributed by atoms with Gasteiger partial charge in [0, 0.05) is 4.47 Å². The van der Waals surface area contributed by atoms with E-state index < -0.39 is 0 Å². The molecule has 6 heteroatoms. The predicted octanol–water partition coefficient (Wildman–Crippen LogP) is 2.88. The van der Waals surface area contributed by atoms with Crippen LogP contribution >= 0.6 is 15.9 Å². The van der Waals surface area contributed by atoms with Crippen LogP contribution in [0.15, 0.2) is 50.6 Å². The van der Waals surface area contributed by atoms with Crippen molar-refractivity contribution in [1.29, 1.82) is 0 Å². The molecule has 20 heavy (non-hydrogen) atoms. The van der Waals surface area contributed by atoms with Gasteiger partial charge in [0.1, 0.15) is 11.5 Å². The van der Waals surface area contributed by atoms with Crippen LogP contribution in [-0.4, -0.2) is 18.7 Å². The highest BCUT2D eigenvalue weighted by Gasteiger charge is 2.03. The molecule has 1 N–H and O–H groups in total. The molecular formula is C14H13BrN2O3. The first-order chi connectivity index (χ1) is 9.65. The van der Waals surface area contributed by atoms with Gasteiger partial charge in [-0.15, -0.1) is 0 Å². The molecule has 0 aliphatic rings. The second-order valence-corrected chi connectivity index (χ2v) is 4.86. The van der Waals surface area contributed by atoms with Crippen molar-refractivity contribution in [1.82, 2.24) is 5.43 Å². The molecular weight excluding hydrogens is 324 g/mol. The van der Waals surface area contributed by atoms with Crippen LogP contribution in [0.1, 0.15) is 11.3 Å². The average Bonchev–Trinajstić information content (AvgIpc) is 2.93. The topological polar surface area (TPSA) is 63.8 Å². The van der Waals surface area contributed by atoms with E-state index in [1.165, 1.54) is 12.5 Å². The summed E-state index contributed by atoms with van der Waals surface area (Å²) in [6.45, 7) is 1.85. The summed E-state index contributed by atoms with van der Waals surface area (Å²) in [6.07, 6.45) is 2.95. The molecule has 0 saturated heterocycles. The molecule has 0 atom stereocenters. The number of hydrazone groups is 1. The van der Waals surface area contributed by atoms with Crippen molar-refractivity contribution in [2.24, 2.45) is 5.10 Å². The zero-order chi connectivity index (χ0) is 14.4. The third-order valence-electron chi connectivity index (χ3n) is 2.42. The number of furan rings is 1. The van der Waals surface area contributed by atoms with E-state index in [1.54, 1.807) is 18.2 Å². The lowest BCUT2D eigenvalue weighted by Crippen LogP contribution is -2.24. The van der Waals surface area contributed by atoms with Crippen LogP contribution in [0.3, 0.4) is 0 Å². The molecule has 104 valence electrons. The average molecular weight is 337 g/mol. The third kappa shape index (κ3) is 4.24. The second-order valence-electron chi connectivity index (χ2n) is 4.01. The van der Waals surface area contributed by atoms with Crippen molar-refractivity contribution >= 4 is 28.1 Å². The molecule has 1 aromatic carbocycles. The number of nitrogens with zero attached hydrogens (tertiary/aromatic N) is 1. The first-order valence-electron chi connectivity index (χ1n) is 5.89. The van der Waals surface area contributed by atoms with E-state index in [0.29, 0.717) is 11.5 Å². The SMILES string of the molecule is Cc1cc(OCC(=O)N/N=C/c2ccco2)ccc1Br. The Morgan fingerprint density at radius 1 is 1.50 bits per heavy atom. The normalized spacial score (nSPS) is 10.7. The standard InChI is InChI=1S/C14H13BrN2O3/c1-10-7-11(4-5-13(10)15)20-9-14(18)17-16-8-12-3-2-6-19-12/h2-8H,9H2,1H3,(H,17,18)/b16-8+. The maximum absolute atomic E-state index is 11.5. The van der Waals surface area contributed by atoms with Crippen LogP contribution in [0.25, 0.3) is 0 Å². The van der Waals surface area contributed by atoms with Gasteiger partial charge in [0.25, 0.3) is 5.91 Å². The lowest BCUT2D eigenvalue weighted by atomic mass is 10.2. The van der Waals surface area contributed by atoms with Crippen LogP contribution in [0.5, 0.6) is 5.75 Å². The zero-order valence-electron chi connectivity index (χ0n) is 10.8. The number of carbonyl (C=O) groups is 1. The van der Waals surface area contributed by atoms with Crippen LogP contribution in [0.2, 0.25) is 0 Å². The van der Waals surface area contributed by atoms with E-state index >= 15 is 0 Å². The number of amides is 1. The number of nitrogens with one attached hydrogen (secondary N) is 1. The molecule has 0 bridgehead atoms. The number of hydrogen-bond acceptors (Lipinski definition) is 4. The van der Waals surface area contributed by atoms with E-state index in [9.17, 15) is 4.79 Å². The highest BCUT2D eigenvalue weighted by molar-refractivity contribution is 9.10. The Labute approximate surface area is 124 Å². The van der Waals surface area contributed by atoms with E-state index in [4.69, 9.17) is 9.15 Å². The molecule has 0 saturated carbocycles. The van der Waals surface area contributed by atoms with E-state index in [0.717, 1.165) is 10.0 Å². The number of hydrogen-bond donors (Lipinski definition) is 1. The fourth-order valence-corrected chi connectivity index (χ4v) is 1.67. The number of rotatable bonds is 5. The third-order valence-corrected chi connectivity index (χ3v) is 3.31. The van der Waals surface area contributed by atoms with Gasteiger partial charge in [-0.05, 0) is 42.8 Å². The van der Waals surface area contributed by atoms with Gasteiger partial charge >= 0.3 is 0 Å². The summed E-state index contributed by atoms with van der Waals surface area (Å²) in [5.74, 6) is 0.860. The molecule has 1 heterocycles. The van der Waals surface area contributed by atoms with E-state index in [1.807, 2.05) is 19.1 Å². The van der Waals surface area contributed by atoms with Crippen molar-refractivity contribution in [3.63, 3.8) is 0 Å². The summed E-state index contributed by atoms with van der Waals surface area (Å²) in [4.78, 5) is 11.5. The van der Waals surface area contributed by atoms with Crippen molar-refractivity contribution in [2.75, 3.05) is 6.61 Å². The molecule has 0 aliphatic heterocycles. The Kier molecular flexibility index (Phi) is 4.95. The molecule has 0 unspecified atom stereocenters. The van der Waals surface area contributed by atoms with E-state index in [2.05, 4.69) is 26.5 Å². The first kappa shape index (κ1) is 14.3. The Morgan fingerprint density at radius 3 is 3.05 bits per heavy atom. The number of halogens is 1. The largest absolute Gasteiger partial charge is 0.484 e. The number of benzene rings is 1. The van der Waals surface area contributed by atoms with Gasteiger partial charge < -0.3 is 9.15 Å². The molecule has 2 rings (SSSR count). The van der Waals surface area contributed by atoms with Crippen molar-refractivity contribution < 1.29 is 13.9 Å². The number of carbonyl (C=O) groups excluding carboxylic acids is 1. The van der Waals surface area contributed by atoms with Crippen molar-refractivity contribution in [3.8, 4) is 5.75 Å². The maximum Gasteiger partial charge on any atom is 0.277 e. The number of ether oxygens (including phenoxy) is 1. The fraction of sp³-hybridized carbons (Fsp3) is 0.143. The van der Waals surface area contributed by atoms with Gasteiger partial charge in [-0.25, -0.2) is 5.43 Å². The van der Waals surface area contributed by atoms with Gasteiger partial charge in [-0.3, -0.25) is 4.79 Å². The maximum atomic E-state index is 11.5. The van der Waals surface area contributed by atoms with Gasteiger partial charge in [-0.2, -0.15) is 5.10 Å². The monoisotopic (exact) mass is 336 g/mol. The quantitative estimate of drug-likeness (QED) is 0.674. The Bertz CT molecular complexity index is 609. The molecule has 0 aliphatic carbocycles. The minimum Gasteiger partial charge on any atom is -0.484 e. The van der Waals surface area contributed by atoms with Gasteiger partial charge in [0.05, 0.1) is 12.5 Å². The molecule has 0 fully saturated rings. The van der Waals surface area contributed by atoms with E-state index in [-0.39, 0.29) is 12.5 Å². The Balaban J connectivity index is 1.78. The fourth-order valence-electron chi connectivity index (χ4n) is 1.42. The van der Waals surface area contributed by atoms with Crippen molar-refractivity contribution in [3.05, 3.63) is 52.4 Å². The lowest BCUT2D eigenvalue weighted by Gasteiger charge is -2.06. The van der Waals surface area contributed by atoms with Gasteiger partial charge in [-0.1, -0.05) is 15.9 Å². The summed E-state index contributed by atoms with van der Waals surface area (Å²) >= 11 is 3.40. The van der Waals surface area contributed by atoms with Gasteiger partial charge in [0.15, 0.2) is 6.61 Å². The minimum absolute atomic E-state index is 0.101. The van der Waals surface area contributed by atoms with Crippen LogP contribution < -0.4 is 10.2 Å². The molecule has 0 radical (unpaired) electrons. The smallest absolute Gasteiger partial charge is 0.277 e. The molecule has 2 aromatic rings. The lowest BCUT2D eigenvalue weighted by molar-refractivity contribution is -0.123. The highest BCUT2D eigenvalue weighted by Crippen LogP contribution is 2.21. The molecule has 1 amide bonds. The summed E-state index contributed by atoms with van der Waals surface area (Å²) in [7, 11) is 0. The van der Waals surface area contributed by atoms with Crippen LogP contribution in [0.4, 0.5) is 0 Å². The molecule has 1 aromatic heterocycles. The molecule has 0 spiro atoms. The summed E-state index contributed by atoms with van der Waals surface area (Å²) in [6, 6.07) is 8.98. The second kappa shape index (κ2) is 6.91. The minimum atomic E-state index is -0.339. The van der Waals surface area contributed by atoms with Crippen molar-refractivity contribution in [2.45, 2.75) is 6.92 Å². The summed E-state index contributed by atoms with van der Waals surface area (Å²) in [5, 5.41) is 3.75. The highest BCUT2D eigenvalue weighted by atomic mass is 79.9. The summed E-state index contributed by atoms with van der Waals surface area (Å²) in [5.41, 5.74) is 3.39. The van der Waals surface area contributed by atoms with Crippen LogP contribution in [-0.2, 0) is 4.79 Å². The zero-order valence-corrected chi connectivity index (χ0v) is 12.4. The Morgan fingerprint density at radius 2 is 2.35 bits per heavy atom. The first-order valence-corrected chi connectivity index (χ1v) is 6.69. The Hall–Kier alpha value is -2.08. The van der Waals surface area contributed by atoms with Gasteiger partial charge in [0.2, 0.25) is 0 Å². The predicted molar refractivity (Wildman–Crippen MR) is 78.8 cm³/mol.